The van der Waals surface area contributed by atoms with Crippen LogP contribution in [0.5, 0.6) is 0 Å². The number of carboxylic acids is 1. The molecule has 1 aromatic heterocycles. The molecule has 3 rings (SSSR count). The highest BCUT2D eigenvalue weighted by Gasteiger charge is 2.50. The van der Waals surface area contributed by atoms with Gasteiger partial charge in [0.1, 0.15) is 0 Å². The predicted molar refractivity (Wildman–Crippen MR) is 92.5 cm³/mol. The van der Waals surface area contributed by atoms with E-state index in [1.165, 1.54) is 4.68 Å². The van der Waals surface area contributed by atoms with E-state index in [-0.39, 0.29) is 23.7 Å². The minimum atomic E-state index is -0.893. The summed E-state index contributed by atoms with van der Waals surface area (Å²) in [5, 5.41) is 17.1. The highest BCUT2D eigenvalue weighted by atomic mass is 16.4. The van der Waals surface area contributed by atoms with Gasteiger partial charge in [0.2, 0.25) is 0 Å². The third-order valence-electron chi connectivity index (χ3n) is 4.52. The van der Waals surface area contributed by atoms with Crippen LogP contribution in [0, 0.1) is 11.3 Å². The molecule has 25 heavy (non-hydrogen) atoms. The van der Waals surface area contributed by atoms with E-state index in [0.29, 0.717) is 30.2 Å². The molecule has 7 heteroatoms. The van der Waals surface area contributed by atoms with Crippen molar-refractivity contribution in [3.05, 3.63) is 40.3 Å². The summed E-state index contributed by atoms with van der Waals surface area (Å²) in [6.07, 6.45) is 1.12. The molecule has 1 saturated carbocycles. The molecular weight excluding hydrogens is 322 g/mol. The molecule has 2 N–H and O–H groups in total. The Kier molecular flexibility index (Phi) is 4.32. The minimum absolute atomic E-state index is 0.0699. The number of carbonyl (C=O) groups excluding carboxylic acids is 1. The zero-order valence-electron chi connectivity index (χ0n) is 14.3. The van der Waals surface area contributed by atoms with E-state index < -0.39 is 17.3 Å². The normalized spacial score (nSPS) is 15.3. The molecule has 1 amide bonds. The van der Waals surface area contributed by atoms with Gasteiger partial charge < -0.3 is 10.4 Å². The lowest BCUT2D eigenvalue weighted by molar-refractivity contribution is -0.143. The van der Waals surface area contributed by atoms with Gasteiger partial charge in [0, 0.05) is 18.5 Å². The zero-order valence-corrected chi connectivity index (χ0v) is 14.3. The lowest BCUT2D eigenvalue weighted by Gasteiger charge is -2.14. The maximum absolute atomic E-state index is 12.6. The van der Waals surface area contributed by atoms with Crippen LogP contribution in [-0.2, 0) is 11.3 Å². The van der Waals surface area contributed by atoms with E-state index in [2.05, 4.69) is 10.4 Å². The fourth-order valence-electron chi connectivity index (χ4n) is 2.82. The molecule has 0 aliphatic heterocycles. The number of benzene rings is 1. The molecule has 1 aliphatic rings. The number of nitrogens with zero attached hydrogens (tertiary/aromatic N) is 2. The second kappa shape index (κ2) is 6.31. The molecule has 0 spiro atoms. The number of amides is 1. The molecule has 1 fully saturated rings. The SMILES string of the molecule is CC(C)Cn1nc(C(=O)NCC2(C(=O)O)CC2)c2ccccc2c1=O. The average molecular weight is 343 g/mol. The molecule has 1 aromatic carbocycles. The predicted octanol–water partition coefficient (Wildman–Crippen LogP) is 1.65. The average Bonchev–Trinajstić information content (AvgIpc) is 3.36. The number of rotatable bonds is 6. The number of aromatic nitrogens is 2. The standard InChI is InChI=1S/C18H21N3O4/c1-11(2)9-21-16(23)13-6-4-3-5-12(13)14(20-21)15(22)19-10-18(7-8-18)17(24)25/h3-6,11H,7-10H2,1-2H3,(H,19,22)(H,24,25). The van der Waals surface area contributed by atoms with Crippen molar-refractivity contribution in [3.8, 4) is 0 Å². The zero-order chi connectivity index (χ0) is 18.2. The fraction of sp³-hybridized carbons (Fsp3) is 0.444. The van der Waals surface area contributed by atoms with E-state index >= 15 is 0 Å². The van der Waals surface area contributed by atoms with Gasteiger partial charge in [-0.05, 0) is 24.8 Å². The molecule has 0 unspecified atom stereocenters. The third kappa shape index (κ3) is 3.26. The van der Waals surface area contributed by atoms with Crippen LogP contribution < -0.4 is 10.9 Å². The Morgan fingerprint density at radius 2 is 1.92 bits per heavy atom. The van der Waals surface area contributed by atoms with Crippen molar-refractivity contribution < 1.29 is 14.7 Å². The topological polar surface area (TPSA) is 101 Å². The minimum Gasteiger partial charge on any atom is -0.481 e. The Bertz CT molecular complexity index is 897. The van der Waals surface area contributed by atoms with E-state index in [0.717, 1.165) is 0 Å². The first kappa shape index (κ1) is 17.1. The monoisotopic (exact) mass is 343 g/mol. The van der Waals surface area contributed by atoms with Crippen molar-refractivity contribution in [2.24, 2.45) is 11.3 Å². The van der Waals surface area contributed by atoms with Gasteiger partial charge in [0.05, 0.1) is 10.8 Å². The summed E-state index contributed by atoms with van der Waals surface area (Å²) < 4.78 is 1.31. The molecule has 7 nitrogen and oxygen atoms in total. The van der Waals surface area contributed by atoms with E-state index in [9.17, 15) is 19.5 Å². The first-order valence-electron chi connectivity index (χ1n) is 8.35. The summed E-state index contributed by atoms with van der Waals surface area (Å²) in [7, 11) is 0. The second-order valence-corrected chi connectivity index (χ2v) is 7.04. The molecule has 2 aromatic rings. The molecule has 1 aliphatic carbocycles. The number of carboxylic acid groups (broad SMARTS) is 1. The molecular formula is C18H21N3O4. The Morgan fingerprint density at radius 3 is 2.48 bits per heavy atom. The summed E-state index contributed by atoms with van der Waals surface area (Å²) in [6.45, 7) is 4.41. The van der Waals surface area contributed by atoms with Crippen molar-refractivity contribution in [1.29, 1.82) is 0 Å². The second-order valence-electron chi connectivity index (χ2n) is 7.04. The van der Waals surface area contributed by atoms with Gasteiger partial charge in [0.25, 0.3) is 11.5 Å². The van der Waals surface area contributed by atoms with Crippen molar-refractivity contribution in [3.63, 3.8) is 0 Å². The quantitative estimate of drug-likeness (QED) is 0.830. The summed E-state index contributed by atoms with van der Waals surface area (Å²) in [6, 6.07) is 6.84. The van der Waals surface area contributed by atoms with E-state index in [4.69, 9.17) is 0 Å². The first-order chi connectivity index (χ1) is 11.8. The molecule has 0 saturated heterocycles. The lowest BCUT2D eigenvalue weighted by atomic mass is 10.1. The van der Waals surface area contributed by atoms with Gasteiger partial charge in [-0.1, -0.05) is 32.0 Å². The van der Waals surface area contributed by atoms with Crippen LogP contribution in [0.2, 0.25) is 0 Å². The summed E-state index contributed by atoms with van der Waals surface area (Å²) in [5.74, 6) is -1.15. The Labute approximate surface area is 144 Å². The van der Waals surface area contributed by atoms with Gasteiger partial charge in [-0.2, -0.15) is 5.10 Å². The number of nitrogens with one attached hydrogen (secondary N) is 1. The first-order valence-corrected chi connectivity index (χ1v) is 8.35. The molecule has 0 atom stereocenters. The highest BCUT2D eigenvalue weighted by molar-refractivity contribution is 6.04. The van der Waals surface area contributed by atoms with Crippen LogP contribution in [0.15, 0.2) is 29.1 Å². The van der Waals surface area contributed by atoms with Gasteiger partial charge in [0.15, 0.2) is 5.69 Å². The van der Waals surface area contributed by atoms with Crippen LogP contribution in [0.1, 0.15) is 37.2 Å². The number of hydrogen-bond acceptors (Lipinski definition) is 4. The lowest BCUT2D eigenvalue weighted by Crippen LogP contribution is -2.36. The maximum atomic E-state index is 12.6. The van der Waals surface area contributed by atoms with Crippen molar-refractivity contribution in [2.75, 3.05) is 6.54 Å². The molecule has 1 heterocycles. The largest absolute Gasteiger partial charge is 0.481 e. The summed E-state index contributed by atoms with van der Waals surface area (Å²) in [5.41, 5.74) is -0.931. The molecule has 0 radical (unpaired) electrons. The van der Waals surface area contributed by atoms with Crippen LogP contribution in [0.4, 0.5) is 0 Å². The van der Waals surface area contributed by atoms with Gasteiger partial charge in [-0.3, -0.25) is 14.4 Å². The van der Waals surface area contributed by atoms with Crippen LogP contribution >= 0.6 is 0 Å². The Morgan fingerprint density at radius 1 is 1.28 bits per heavy atom. The number of hydrogen-bond donors (Lipinski definition) is 2. The number of carbonyl (C=O) groups is 2. The van der Waals surface area contributed by atoms with Crippen LogP contribution in [-0.4, -0.2) is 33.3 Å². The Hall–Kier alpha value is -2.70. The van der Waals surface area contributed by atoms with E-state index in [1.54, 1.807) is 24.3 Å². The number of fused-ring (bicyclic) bond motifs is 1. The molecule has 0 bridgehead atoms. The van der Waals surface area contributed by atoms with Crippen molar-refractivity contribution in [2.45, 2.75) is 33.2 Å². The third-order valence-corrected chi connectivity index (χ3v) is 4.52. The van der Waals surface area contributed by atoms with Crippen molar-refractivity contribution >= 4 is 22.6 Å². The summed E-state index contributed by atoms with van der Waals surface area (Å²) in [4.78, 5) is 36.4. The van der Waals surface area contributed by atoms with Crippen molar-refractivity contribution in [1.82, 2.24) is 15.1 Å². The van der Waals surface area contributed by atoms with Gasteiger partial charge >= 0.3 is 5.97 Å². The maximum Gasteiger partial charge on any atom is 0.311 e. The number of aliphatic carboxylic acids is 1. The smallest absolute Gasteiger partial charge is 0.311 e. The van der Waals surface area contributed by atoms with Gasteiger partial charge in [-0.25, -0.2) is 4.68 Å². The van der Waals surface area contributed by atoms with Crippen LogP contribution in [0.25, 0.3) is 10.8 Å². The fourth-order valence-corrected chi connectivity index (χ4v) is 2.82. The molecule has 132 valence electrons. The summed E-state index contributed by atoms with van der Waals surface area (Å²) >= 11 is 0. The highest BCUT2D eigenvalue weighted by Crippen LogP contribution is 2.45. The van der Waals surface area contributed by atoms with Gasteiger partial charge in [-0.15, -0.1) is 0 Å². The van der Waals surface area contributed by atoms with E-state index in [1.807, 2.05) is 13.8 Å². The Balaban J connectivity index is 1.97. The van der Waals surface area contributed by atoms with Crippen LogP contribution in [0.3, 0.4) is 0 Å².